The van der Waals surface area contributed by atoms with Crippen LogP contribution in [0.3, 0.4) is 0 Å². The van der Waals surface area contributed by atoms with Gasteiger partial charge in [0.15, 0.2) is 0 Å². The van der Waals surface area contributed by atoms with Gasteiger partial charge in [0.05, 0.1) is 12.7 Å². The molecule has 2 rings (SSSR count). The van der Waals surface area contributed by atoms with Crippen molar-refractivity contribution >= 4 is 5.97 Å². The summed E-state index contributed by atoms with van der Waals surface area (Å²) in [4.78, 5) is 11.7. The molecule has 1 N–H and O–H groups in total. The SMILES string of the molecule is COC(=O)c1ccccc1CN[C@H](C)c1ccc(F)cc1. The fraction of sp³-hybridized carbons (Fsp3) is 0.235. The maximum atomic E-state index is 12.9. The number of methoxy groups -OCH3 is 1. The first-order valence-corrected chi connectivity index (χ1v) is 6.77. The Morgan fingerprint density at radius 3 is 2.52 bits per heavy atom. The molecule has 3 nitrogen and oxygen atoms in total. The molecule has 1 atom stereocenters. The normalized spacial score (nSPS) is 12.0. The highest BCUT2D eigenvalue weighted by molar-refractivity contribution is 5.90. The number of hydrogen-bond donors (Lipinski definition) is 1. The number of esters is 1. The third kappa shape index (κ3) is 3.89. The number of benzene rings is 2. The molecule has 0 radical (unpaired) electrons. The fourth-order valence-electron chi connectivity index (χ4n) is 2.12. The molecule has 0 heterocycles. The summed E-state index contributed by atoms with van der Waals surface area (Å²) in [6.07, 6.45) is 0. The van der Waals surface area contributed by atoms with E-state index in [1.165, 1.54) is 19.2 Å². The maximum absolute atomic E-state index is 12.9. The summed E-state index contributed by atoms with van der Waals surface area (Å²) in [6.45, 7) is 2.53. The van der Waals surface area contributed by atoms with Crippen molar-refractivity contribution in [3.63, 3.8) is 0 Å². The summed E-state index contributed by atoms with van der Waals surface area (Å²) in [5.74, 6) is -0.594. The van der Waals surface area contributed by atoms with Crippen molar-refractivity contribution in [2.45, 2.75) is 19.5 Å². The number of carbonyl (C=O) groups excluding carboxylic acids is 1. The van der Waals surface area contributed by atoms with Crippen LogP contribution in [0.1, 0.15) is 34.5 Å². The van der Waals surface area contributed by atoms with Gasteiger partial charge in [0, 0.05) is 12.6 Å². The van der Waals surface area contributed by atoms with E-state index < -0.39 is 0 Å². The van der Waals surface area contributed by atoms with Gasteiger partial charge in [0.1, 0.15) is 5.82 Å². The predicted molar refractivity (Wildman–Crippen MR) is 79.4 cm³/mol. The van der Waals surface area contributed by atoms with Crippen LogP contribution in [0, 0.1) is 5.82 Å². The summed E-state index contributed by atoms with van der Waals surface area (Å²) in [7, 11) is 1.37. The van der Waals surface area contributed by atoms with Crippen molar-refractivity contribution in [2.24, 2.45) is 0 Å². The molecule has 0 bridgehead atoms. The van der Waals surface area contributed by atoms with Crippen LogP contribution < -0.4 is 5.32 Å². The number of hydrogen-bond acceptors (Lipinski definition) is 3. The van der Waals surface area contributed by atoms with Crippen molar-refractivity contribution < 1.29 is 13.9 Å². The van der Waals surface area contributed by atoms with Crippen LogP contribution in [0.5, 0.6) is 0 Å². The zero-order chi connectivity index (χ0) is 15.2. The second-order valence-electron chi connectivity index (χ2n) is 4.80. The van der Waals surface area contributed by atoms with E-state index in [1.54, 1.807) is 24.3 Å². The van der Waals surface area contributed by atoms with Crippen LogP contribution in [0.4, 0.5) is 4.39 Å². The second-order valence-corrected chi connectivity index (χ2v) is 4.80. The zero-order valence-corrected chi connectivity index (χ0v) is 12.1. The molecular formula is C17H18FNO2. The van der Waals surface area contributed by atoms with Crippen LogP contribution in [-0.2, 0) is 11.3 Å². The van der Waals surface area contributed by atoms with Gasteiger partial charge in [0.2, 0.25) is 0 Å². The zero-order valence-electron chi connectivity index (χ0n) is 12.1. The van der Waals surface area contributed by atoms with Gasteiger partial charge in [-0.3, -0.25) is 0 Å². The lowest BCUT2D eigenvalue weighted by molar-refractivity contribution is 0.0599. The second kappa shape index (κ2) is 6.99. The maximum Gasteiger partial charge on any atom is 0.338 e. The minimum Gasteiger partial charge on any atom is -0.465 e. The van der Waals surface area contributed by atoms with Crippen molar-refractivity contribution in [1.29, 1.82) is 0 Å². The van der Waals surface area contributed by atoms with E-state index in [1.807, 2.05) is 19.1 Å². The van der Waals surface area contributed by atoms with Crippen molar-refractivity contribution in [2.75, 3.05) is 7.11 Å². The van der Waals surface area contributed by atoms with Crippen LogP contribution in [-0.4, -0.2) is 13.1 Å². The Balaban J connectivity index is 2.06. The number of halogens is 1. The molecule has 0 aliphatic rings. The first-order chi connectivity index (χ1) is 10.1. The fourth-order valence-corrected chi connectivity index (χ4v) is 2.12. The van der Waals surface area contributed by atoms with Gasteiger partial charge in [-0.1, -0.05) is 30.3 Å². The van der Waals surface area contributed by atoms with Gasteiger partial charge in [-0.15, -0.1) is 0 Å². The van der Waals surface area contributed by atoms with Gasteiger partial charge in [0.25, 0.3) is 0 Å². The van der Waals surface area contributed by atoms with Gasteiger partial charge in [-0.2, -0.15) is 0 Å². The largest absolute Gasteiger partial charge is 0.465 e. The quantitative estimate of drug-likeness (QED) is 0.856. The van der Waals surface area contributed by atoms with Crippen molar-refractivity contribution in [1.82, 2.24) is 5.32 Å². The highest BCUT2D eigenvalue weighted by atomic mass is 19.1. The Bertz CT molecular complexity index is 610. The van der Waals surface area contributed by atoms with Gasteiger partial charge >= 0.3 is 5.97 Å². The first kappa shape index (κ1) is 15.2. The van der Waals surface area contributed by atoms with Gasteiger partial charge < -0.3 is 10.1 Å². The van der Waals surface area contributed by atoms with Crippen LogP contribution >= 0.6 is 0 Å². The molecule has 0 saturated heterocycles. The molecule has 0 amide bonds. The minimum absolute atomic E-state index is 0.0521. The van der Waals surface area contributed by atoms with E-state index in [0.29, 0.717) is 12.1 Å². The van der Waals surface area contributed by atoms with E-state index in [0.717, 1.165) is 11.1 Å². The summed E-state index contributed by atoms with van der Waals surface area (Å²) in [5, 5.41) is 3.32. The molecule has 0 unspecified atom stereocenters. The molecule has 4 heteroatoms. The lowest BCUT2D eigenvalue weighted by Gasteiger charge is -2.15. The molecule has 0 fully saturated rings. The molecule has 110 valence electrons. The summed E-state index contributed by atoms with van der Waals surface area (Å²) in [6, 6.07) is 13.7. The number of rotatable bonds is 5. The number of carbonyl (C=O) groups is 1. The van der Waals surface area contributed by atoms with E-state index in [-0.39, 0.29) is 17.8 Å². The molecule has 2 aromatic rings. The highest BCUT2D eigenvalue weighted by Crippen LogP contribution is 2.15. The molecule has 21 heavy (non-hydrogen) atoms. The lowest BCUT2D eigenvalue weighted by Crippen LogP contribution is -2.20. The smallest absolute Gasteiger partial charge is 0.338 e. The first-order valence-electron chi connectivity index (χ1n) is 6.77. The Morgan fingerprint density at radius 1 is 1.19 bits per heavy atom. The topological polar surface area (TPSA) is 38.3 Å². The average molecular weight is 287 g/mol. The Kier molecular flexibility index (Phi) is 5.06. The number of nitrogens with one attached hydrogen (secondary N) is 1. The summed E-state index contributed by atoms with van der Waals surface area (Å²) < 4.78 is 17.7. The standard InChI is InChI=1S/C17H18FNO2/c1-12(13-7-9-15(18)10-8-13)19-11-14-5-3-4-6-16(14)17(20)21-2/h3-10,12,19H,11H2,1-2H3/t12-/m1/s1. The molecule has 0 saturated carbocycles. The number of ether oxygens (including phenoxy) is 1. The molecule has 0 spiro atoms. The Labute approximate surface area is 123 Å². The molecule has 0 aliphatic heterocycles. The van der Waals surface area contributed by atoms with E-state index in [2.05, 4.69) is 5.32 Å². The van der Waals surface area contributed by atoms with Gasteiger partial charge in [-0.25, -0.2) is 9.18 Å². The van der Waals surface area contributed by atoms with Crippen LogP contribution in [0.15, 0.2) is 48.5 Å². The van der Waals surface area contributed by atoms with Gasteiger partial charge in [-0.05, 0) is 36.2 Å². The summed E-state index contributed by atoms with van der Waals surface area (Å²) >= 11 is 0. The molecule has 0 aliphatic carbocycles. The predicted octanol–water partition coefficient (Wildman–Crippen LogP) is 3.46. The van der Waals surface area contributed by atoms with E-state index >= 15 is 0 Å². The Morgan fingerprint density at radius 2 is 1.86 bits per heavy atom. The minimum atomic E-state index is -0.346. The lowest BCUT2D eigenvalue weighted by atomic mass is 10.1. The third-order valence-electron chi connectivity index (χ3n) is 3.39. The molecular weight excluding hydrogens is 269 g/mol. The Hall–Kier alpha value is -2.20. The highest BCUT2D eigenvalue weighted by Gasteiger charge is 2.12. The van der Waals surface area contributed by atoms with E-state index in [4.69, 9.17) is 4.74 Å². The van der Waals surface area contributed by atoms with Crippen molar-refractivity contribution in [3.8, 4) is 0 Å². The third-order valence-corrected chi connectivity index (χ3v) is 3.39. The van der Waals surface area contributed by atoms with Crippen LogP contribution in [0.25, 0.3) is 0 Å². The van der Waals surface area contributed by atoms with Crippen LogP contribution in [0.2, 0.25) is 0 Å². The summed E-state index contributed by atoms with van der Waals surface area (Å²) in [5.41, 5.74) is 2.42. The van der Waals surface area contributed by atoms with Crippen molar-refractivity contribution in [3.05, 3.63) is 71.0 Å². The molecule has 0 aromatic heterocycles. The molecule has 2 aromatic carbocycles. The monoisotopic (exact) mass is 287 g/mol. The van der Waals surface area contributed by atoms with E-state index in [9.17, 15) is 9.18 Å². The average Bonchev–Trinajstić information content (AvgIpc) is 2.52.